The van der Waals surface area contributed by atoms with Crippen molar-refractivity contribution >= 4 is 11.7 Å². The van der Waals surface area contributed by atoms with Crippen LogP contribution in [0.15, 0.2) is 24.3 Å². The minimum atomic E-state index is -0.777. The van der Waals surface area contributed by atoms with Crippen LogP contribution >= 0.6 is 0 Å². The molecule has 0 aromatic heterocycles. The molecule has 3 heteroatoms. The number of benzene rings is 1. The minimum Gasteiger partial charge on any atom is -0.480 e. The highest BCUT2D eigenvalue weighted by Crippen LogP contribution is 2.17. The third-order valence-electron chi connectivity index (χ3n) is 2.58. The minimum absolute atomic E-state index is 0.451. The Morgan fingerprint density at radius 3 is 2.33 bits per heavy atom. The fourth-order valence-electron chi connectivity index (χ4n) is 1.57. The summed E-state index contributed by atoms with van der Waals surface area (Å²) in [6.45, 7) is 3.89. The lowest BCUT2D eigenvalue weighted by Gasteiger charge is -2.25. The van der Waals surface area contributed by atoms with Crippen LogP contribution in [-0.2, 0) is 4.79 Å². The van der Waals surface area contributed by atoms with Crippen molar-refractivity contribution in [2.75, 3.05) is 11.9 Å². The molecule has 15 heavy (non-hydrogen) atoms. The summed E-state index contributed by atoms with van der Waals surface area (Å²) in [6.07, 6.45) is 0.597. The van der Waals surface area contributed by atoms with Crippen LogP contribution in [0.1, 0.15) is 18.9 Å². The van der Waals surface area contributed by atoms with Gasteiger partial charge < -0.3 is 10.0 Å². The van der Waals surface area contributed by atoms with Crippen LogP contribution in [0, 0.1) is 6.92 Å². The van der Waals surface area contributed by atoms with Gasteiger partial charge in [-0.3, -0.25) is 0 Å². The molecule has 0 fully saturated rings. The zero-order valence-electron chi connectivity index (χ0n) is 9.40. The van der Waals surface area contributed by atoms with Crippen molar-refractivity contribution in [3.63, 3.8) is 0 Å². The Morgan fingerprint density at radius 1 is 1.40 bits per heavy atom. The summed E-state index contributed by atoms with van der Waals surface area (Å²) in [5, 5.41) is 9.02. The maximum absolute atomic E-state index is 11.0. The van der Waals surface area contributed by atoms with Gasteiger partial charge in [0, 0.05) is 12.7 Å². The molecule has 0 saturated heterocycles. The number of rotatable bonds is 4. The van der Waals surface area contributed by atoms with Gasteiger partial charge in [0.1, 0.15) is 6.04 Å². The van der Waals surface area contributed by atoms with Crippen molar-refractivity contribution in [2.24, 2.45) is 0 Å². The molecule has 0 heterocycles. The van der Waals surface area contributed by atoms with Gasteiger partial charge in [-0.2, -0.15) is 0 Å². The molecular formula is C12H17NO2. The van der Waals surface area contributed by atoms with Gasteiger partial charge in [0.05, 0.1) is 0 Å². The zero-order chi connectivity index (χ0) is 11.4. The molecule has 3 nitrogen and oxygen atoms in total. The summed E-state index contributed by atoms with van der Waals surface area (Å²) in [5.41, 5.74) is 2.12. The van der Waals surface area contributed by atoms with Crippen LogP contribution in [0.25, 0.3) is 0 Å². The molecule has 0 amide bonds. The first-order chi connectivity index (χ1) is 7.06. The average Bonchev–Trinajstić information content (AvgIpc) is 2.19. The van der Waals surface area contributed by atoms with Gasteiger partial charge in [-0.05, 0) is 25.5 Å². The Hall–Kier alpha value is -1.51. The lowest BCUT2D eigenvalue weighted by molar-refractivity contribution is -0.138. The third kappa shape index (κ3) is 2.72. The van der Waals surface area contributed by atoms with Gasteiger partial charge in [0.25, 0.3) is 0 Å². The fourth-order valence-corrected chi connectivity index (χ4v) is 1.57. The predicted molar refractivity (Wildman–Crippen MR) is 61.3 cm³/mol. The first kappa shape index (κ1) is 11.6. The molecule has 0 aliphatic rings. The van der Waals surface area contributed by atoms with Crippen LogP contribution in [-0.4, -0.2) is 24.2 Å². The highest BCUT2D eigenvalue weighted by atomic mass is 16.4. The molecule has 0 aliphatic heterocycles. The van der Waals surface area contributed by atoms with E-state index < -0.39 is 12.0 Å². The lowest BCUT2D eigenvalue weighted by Crippen LogP contribution is -2.37. The molecule has 0 spiro atoms. The van der Waals surface area contributed by atoms with Crippen molar-refractivity contribution in [1.82, 2.24) is 0 Å². The Labute approximate surface area is 90.3 Å². The Kier molecular flexibility index (Phi) is 3.72. The molecule has 1 aromatic rings. The Bertz CT molecular complexity index is 332. The molecule has 0 saturated carbocycles. The highest BCUT2D eigenvalue weighted by molar-refractivity contribution is 5.77. The van der Waals surface area contributed by atoms with Crippen LogP contribution in [0.4, 0.5) is 5.69 Å². The number of hydrogen-bond donors (Lipinski definition) is 1. The van der Waals surface area contributed by atoms with E-state index in [9.17, 15) is 4.79 Å². The monoisotopic (exact) mass is 207 g/mol. The zero-order valence-corrected chi connectivity index (χ0v) is 9.40. The van der Waals surface area contributed by atoms with Gasteiger partial charge in [-0.15, -0.1) is 0 Å². The molecule has 1 atom stereocenters. The molecule has 82 valence electrons. The molecule has 1 N–H and O–H groups in total. The summed E-state index contributed by atoms with van der Waals surface area (Å²) < 4.78 is 0. The standard InChI is InChI=1S/C12H17NO2/c1-4-11(12(14)15)13(3)10-7-5-9(2)6-8-10/h5-8,11H,4H2,1-3H3,(H,14,15). The Balaban J connectivity index is 2.87. The summed E-state index contributed by atoms with van der Waals surface area (Å²) in [5.74, 6) is -0.777. The number of carboxylic acids is 1. The largest absolute Gasteiger partial charge is 0.480 e. The number of hydrogen-bond acceptors (Lipinski definition) is 2. The van der Waals surface area contributed by atoms with Crippen molar-refractivity contribution < 1.29 is 9.90 Å². The second-order valence-electron chi connectivity index (χ2n) is 3.71. The van der Waals surface area contributed by atoms with E-state index in [1.54, 1.807) is 4.90 Å². The van der Waals surface area contributed by atoms with E-state index in [1.165, 1.54) is 5.56 Å². The lowest BCUT2D eigenvalue weighted by atomic mass is 10.1. The number of nitrogens with zero attached hydrogens (tertiary/aromatic N) is 1. The van der Waals surface area contributed by atoms with E-state index in [2.05, 4.69) is 0 Å². The van der Waals surface area contributed by atoms with Crippen LogP contribution in [0.5, 0.6) is 0 Å². The fraction of sp³-hybridized carbons (Fsp3) is 0.417. The first-order valence-corrected chi connectivity index (χ1v) is 5.08. The molecule has 0 aliphatic carbocycles. The van der Waals surface area contributed by atoms with E-state index in [4.69, 9.17) is 5.11 Å². The van der Waals surface area contributed by atoms with Gasteiger partial charge in [-0.1, -0.05) is 24.6 Å². The van der Waals surface area contributed by atoms with E-state index >= 15 is 0 Å². The summed E-state index contributed by atoms with van der Waals surface area (Å²) in [4.78, 5) is 12.8. The van der Waals surface area contributed by atoms with E-state index in [0.717, 1.165) is 5.69 Å². The number of carbonyl (C=O) groups is 1. The summed E-state index contributed by atoms with van der Waals surface area (Å²) in [6, 6.07) is 7.41. The quantitative estimate of drug-likeness (QED) is 0.823. The number of aryl methyl sites for hydroxylation is 1. The highest BCUT2D eigenvalue weighted by Gasteiger charge is 2.20. The molecule has 0 radical (unpaired) electrons. The molecule has 1 rings (SSSR count). The van der Waals surface area contributed by atoms with Crippen molar-refractivity contribution in [3.8, 4) is 0 Å². The van der Waals surface area contributed by atoms with Gasteiger partial charge >= 0.3 is 5.97 Å². The molecule has 1 aromatic carbocycles. The normalized spacial score (nSPS) is 12.2. The second-order valence-corrected chi connectivity index (χ2v) is 3.71. The summed E-state index contributed by atoms with van der Waals surface area (Å²) in [7, 11) is 1.81. The molecule has 1 unspecified atom stereocenters. The maximum Gasteiger partial charge on any atom is 0.326 e. The van der Waals surface area contributed by atoms with Crippen molar-refractivity contribution in [3.05, 3.63) is 29.8 Å². The van der Waals surface area contributed by atoms with E-state index in [-0.39, 0.29) is 0 Å². The number of aliphatic carboxylic acids is 1. The topological polar surface area (TPSA) is 40.5 Å². The van der Waals surface area contributed by atoms with Crippen LogP contribution in [0.3, 0.4) is 0 Å². The van der Waals surface area contributed by atoms with Crippen LogP contribution < -0.4 is 4.90 Å². The van der Waals surface area contributed by atoms with Gasteiger partial charge in [-0.25, -0.2) is 4.79 Å². The van der Waals surface area contributed by atoms with Crippen molar-refractivity contribution in [2.45, 2.75) is 26.3 Å². The number of likely N-dealkylation sites (N-methyl/N-ethyl adjacent to an activating group) is 1. The van der Waals surface area contributed by atoms with E-state index in [0.29, 0.717) is 6.42 Å². The van der Waals surface area contributed by atoms with Gasteiger partial charge in [0.15, 0.2) is 0 Å². The molecule has 0 bridgehead atoms. The van der Waals surface area contributed by atoms with Crippen molar-refractivity contribution in [1.29, 1.82) is 0 Å². The third-order valence-corrected chi connectivity index (χ3v) is 2.58. The number of anilines is 1. The SMILES string of the molecule is CCC(C(=O)O)N(C)c1ccc(C)cc1. The maximum atomic E-state index is 11.0. The predicted octanol–water partition coefficient (Wildman–Crippen LogP) is 2.29. The van der Waals surface area contributed by atoms with E-state index in [1.807, 2.05) is 45.2 Å². The Morgan fingerprint density at radius 2 is 1.93 bits per heavy atom. The smallest absolute Gasteiger partial charge is 0.326 e. The number of carboxylic acid groups (broad SMARTS) is 1. The summed E-state index contributed by atoms with van der Waals surface area (Å²) >= 11 is 0. The first-order valence-electron chi connectivity index (χ1n) is 5.08. The second kappa shape index (κ2) is 4.82. The van der Waals surface area contributed by atoms with Crippen LogP contribution in [0.2, 0.25) is 0 Å². The van der Waals surface area contributed by atoms with Gasteiger partial charge in [0.2, 0.25) is 0 Å². The average molecular weight is 207 g/mol. The molecular weight excluding hydrogens is 190 g/mol.